The van der Waals surface area contributed by atoms with Gasteiger partial charge in [-0.15, -0.1) is 0 Å². The van der Waals surface area contributed by atoms with E-state index in [0.717, 1.165) is 10.0 Å². The largest absolute Gasteiger partial charge is 0.399 e. The summed E-state index contributed by atoms with van der Waals surface area (Å²) >= 11 is 3.36. The Morgan fingerprint density at radius 1 is 1.22 bits per heavy atom. The van der Waals surface area contributed by atoms with Crippen LogP contribution in [0.1, 0.15) is 17.2 Å². The predicted octanol–water partition coefficient (Wildman–Crippen LogP) is 3.48. The van der Waals surface area contributed by atoms with E-state index in [1.807, 2.05) is 24.3 Å². The Bertz CT molecular complexity index is 557. The first-order valence-electron chi connectivity index (χ1n) is 5.59. The van der Waals surface area contributed by atoms with E-state index in [1.54, 1.807) is 19.2 Å². The van der Waals surface area contributed by atoms with E-state index in [2.05, 4.69) is 21.2 Å². The van der Waals surface area contributed by atoms with Crippen LogP contribution in [0, 0.1) is 5.82 Å². The quantitative estimate of drug-likeness (QED) is 0.852. The normalized spacial score (nSPS) is 12.4. The molecule has 94 valence electrons. The van der Waals surface area contributed by atoms with Gasteiger partial charge in [0.15, 0.2) is 0 Å². The van der Waals surface area contributed by atoms with Gasteiger partial charge in [-0.1, -0.05) is 28.1 Å². The van der Waals surface area contributed by atoms with E-state index in [4.69, 9.17) is 5.73 Å². The molecule has 0 fully saturated rings. The number of hydrogen-bond acceptors (Lipinski definition) is 2. The minimum atomic E-state index is -0.236. The number of nitrogens with one attached hydrogen (secondary N) is 1. The monoisotopic (exact) mass is 308 g/mol. The molecule has 0 heterocycles. The molecule has 2 aromatic carbocycles. The van der Waals surface area contributed by atoms with Crippen molar-refractivity contribution in [3.63, 3.8) is 0 Å². The summed E-state index contributed by atoms with van der Waals surface area (Å²) in [6.45, 7) is 0. The smallest absolute Gasteiger partial charge is 0.128 e. The molecule has 1 unspecified atom stereocenters. The first-order chi connectivity index (χ1) is 8.61. The summed E-state index contributed by atoms with van der Waals surface area (Å²) in [4.78, 5) is 0. The molecule has 0 amide bonds. The second-order valence-electron chi connectivity index (χ2n) is 4.06. The fourth-order valence-electron chi connectivity index (χ4n) is 1.98. The minimum absolute atomic E-state index is 0.217. The lowest BCUT2D eigenvalue weighted by Crippen LogP contribution is -2.19. The van der Waals surface area contributed by atoms with Crippen LogP contribution in [0.15, 0.2) is 46.9 Å². The summed E-state index contributed by atoms with van der Waals surface area (Å²) in [7, 11) is 1.80. The highest BCUT2D eigenvalue weighted by atomic mass is 79.9. The van der Waals surface area contributed by atoms with Gasteiger partial charge in [-0.25, -0.2) is 4.39 Å². The molecular formula is C14H14BrFN2. The lowest BCUT2D eigenvalue weighted by atomic mass is 9.98. The highest BCUT2D eigenvalue weighted by molar-refractivity contribution is 9.10. The van der Waals surface area contributed by atoms with Gasteiger partial charge in [-0.3, -0.25) is 0 Å². The number of halogens is 2. The molecule has 0 aromatic heterocycles. The van der Waals surface area contributed by atoms with Crippen molar-refractivity contribution in [1.82, 2.24) is 5.32 Å². The summed E-state index contributed by atoms with van der Waals surface area (Å²) in [5.41, 5.74) is 7.97. The van der Waals surface area contributed by atoms with Crippen molar-refractivity contribution in [2.75, 3.05) is 12.8 Å². The highest BCUT2D eigenvalue weighted by Gasteiger charge is 2.16. The zero-order valence-electron chi connectivity index (χ0n) is 9.95. The maximum Gasteiger partial charge on any atom is 0.128 e. The molecule has 0 saturated heterocycles. The fraction of sp³-hybridized carbons (Fsp3) is 0.143. The summed E-state index contributed by atoms with van der Waals surface area (Å²) in [5.74, 6) is -0.236. The number of nitrogens with two attached hydrogens (primary N) is 1. The van der Waals surface area contributed by atoms with Crippen molar-refractivity contribution in [2.24, 2.45) is 0 Å². The standard InChI is InChI=1S/C14H14BrFN2/c1-18-14(9-3-2-4-11(17)7-9)12-8-10(15)5-6-13(12)16/h2-8,14,18H,17H2,1H3. The summed E-state index contributed by atoms with van der Waals surface area (Å²) in [6, 6.07) is 12.2. The second kappa shape index (κ2) is 5.50. The molecule has 0 saturated carbocycles. The van der Waals surface area contributed by atoms with E-state index < -0.39 is 0 Å². The van der Waals surface area contributed by atoms with Crippen molar-refractivity contribution >= 4 is 21.6 Å². The van der Waals surface area contributed by atoms with Gasteiger partial charge in [0.2, 0.25) is 0 Å². The minimum Gasteiger partial charge on any atom is -0.399 e. The average molecular weight is 309 g/mol. The van der Waals surface area contributed by atoms with Crippen LogP contribution < -0.4 is 11.1 Å². The van der Waals surface area contributed by atoms with Crippen LogP contribution in [0.5, 0.6) is 0 Å². The third kappa shape index (κ3) is 2.71. The van der Waals surface area contributed by atoms with Crippen LogP contribution in [-0.2, 0) is 0 Å². The Kier molecular flexibility index (Phi) is 3.99. The average Bonchev–Trinajstić information content (AvgIpc) is 2.35. The Balaban J connectivity index is 2.48. The van der Waals surface area contributed by atoms with Gasteiger partial charge in [-0.2, -0.15) is 0 Å². The molecule has 2 nitrogen and oxygen atoms in total. The first-order valence-corrected chi connectivity index (χ1v) is 6.39. The number of rotatable bonds is 3. The zero-order valence-corrected chi connectivity index (χ0v) is 11.5. The summed E-state index contributed by atoms with van der Waals surface area (Å²) in [6.07, 6.45) is 0. The zero-order chi connectivity index (χ0) is 13.1. The molecule has 18 heavy (non-hydrogen) atoms. The third-order valence-corrected chi connectivity index (χ3v) is 3.29. The molecular weight excluding hydrogens is 295 g/mol. The topological polar surface area (TPSA) is 38.0 Å². The molecule has 4 heteroatoms. The Hall–Kier alpha value is -1.39. The van der Waals surface area contributed by atoms with Crippen molar-refractivity contribution in [2.45, 2.75) is 6.04 Å². The highest BCUT2D eigenvalue weighted by Crippen LogP contribution is 2.27. The SMILES string of the molecule is CNC(c1cccc(N)c1)c1cc(Br)ccc1F. The van der Waals surface area contributed by atoms with Gasteiger partial charge in [-0.05, 0) is 42.9 Å². The molecule has 0 radical (unpaired) electrons. The maximum absolute atomic E-state index is 13.9. The Labute approximate surface area is 114 Å². The van der Waals surface area contributed by atoms with Crippen LogP contribution >= 0.6 is 15.9 Å². The number of anilines is 1. The van der Waals surface area contributed by atoms with Crippen molar-refractivity contribution in [3.05, 3.63) is 63.9 Å². The number of nitrogen functional groups attached to an aromatic ring is 1. The molecule has 2 aromatic rings. The fourth-order valence-corrected chi connectivity index (χ4v) is 2.35. The van der Waals surface area contributed by atoms with Gasteiger partial charge < -0.3 is 11.1 Å². The van der Waals surface area contributed by atoms with Crippen molar-refractivity contribution in [3.8, 4) is 0 Å². The molecule has 2 rings (SSSR count). The van der Waals surface area contributed by atoms with Gasteiger partial charge in [0.05, 0.1) is 6.04 Å². The van der Waals surface area contributed by atoms with Crippen molar-refractivity contribution in [1.29, 1.82) is 0 Å². The molecule has 0 bridgehead atoms. The van der Waals surface area contributed by atoms with Gasteiger partial charge in [0.25, 0.3) is 0 Å². The van der Waals surface area contributed by atoms with Gasteiger partial charge >= 0.3 is 0 Å². The van der Waals surface area contributed by atoms with E-state index in [0.29, 0.717) is 11.3 Å². The Morgan fingerprint density at radius 2 is 2.00 bits per heavy atom. The third-order valence-electron chi connectivity index (χ3n) is 2.80. The van der Waals surface area contributed by atoms with Gasteiger partial charge in [0.1, 0.15) is 5.82 Å². The van der Waals surface area contributed by atoms with Crippen molar-refractivity contribution < 1.29 is 4.39 Å². The lowest BCUT2D eigenvalue weighted by Gasteiger charge is -2.18. The summed E-state index contributed by atoms with van der Waals surface area (Å²) < 4.78 is 14.8. The maximum atomic E-state index is 13.9. The predicted molar refractivity (Wildman–Crippen MR) is 75.9 cm³/mol. The van der Waals surface area contributed by atoms with Gasteiger partial charge in [0, 0.05) is 15.7 Å². The molecule has 0 aliphatic rings. The van der Waals surface area contributed by atoms with E-state index in [9.17, 15) is 4.39 Å². The van der Waals surface area contributed by atoms with Crippen LogP contribution in [0.25, 0.3) is 0 Å². The van der Waals surface area contributed by atoms with E-state index in [1.165, 1.54) is 6.07 Å². The van der Waals surface area contributed by atoms with Crippen LogP contribution in [0.3, 0.4) is 0 Å². The molecule has 0 aliphatic carbocycles. The molecule has 0 spiro atoms. The number of hydrogen-bond donors (Lipinski definition) is 2. The van der Waals surface area contributed by atoms with E-state index in [-0.39, 0.29) is 11.9 Å². The van der Waals surface area contributed by atoms with Crippen LogP contribution in [0.4, 0.5) is 10.1 Å². The Morgan fingerprint density at radius 3 is 2.67 bits per heavy atom. The number of benzene rings is 2. The first kappa shape index (κ1) is 13.1. The van der Waals surface area contributed by atoms with E-state index >= 15 is 0 Å². The van der Waals surface area contributed by atoms with Crippen LogP contribution in [0.2, 0.25) is 0 Å². The lowest BCUT2D eigenvalue weighted by molar-refractivity contribution is 0.576. The molecule has 0 aliphatic heterocycles. The molecule has 3 N–H and O–H groups in total. The molecule has 1 atom stereocenters. The second-order valence-corrected chi connectivity index (χ2v) is 4.97. The summed E-state index contributed by atoms with van der Waals surface area (Å²) in [5, 5.41) is 3.11. The van der Waals surface area contributed by atoms with Crippen LogP contribution in [-0.4, -0.2) is 7.05 Å².